The smallest absolute Gasteiger partial charge is 0.246 e. The van der Waals surface area contributed by atoms with E-state index in [2.05, 4.69) is 0 Å². The molecule has 7 rings (SSSR count). The van der Waals surface area contributed by atoms with Gasteiger partial charge in [-0.05, 0) is 60.2 Å². The second kappa shape index (κ2) is 10.2. The van der Waals surface area contributed by atoms with Gasteiger partial charge >= 0.3 is 0 Å². The molecule has 3 aromatic carbocycles. The third kappa shape index (κ3) is 3.77. The van der Waals surface area contributed by atoms with Crippen molar-refractivity contribution in [1.82, 2.24) is 4.90 Å². The topological polar surface area (TPSA) is 104 Å². The molecule has 2 saturated heterocycles. The number of methoxy groups -OCH3 is 1. The fraction of sp³-hybridized carbons (Fsp3) is 0.294. The lowest BCUT2D eigenvalue weighted by Crippen LogP contribution is -2.53. The van der Waals surface area contributed by atoms with Crippen molar-refractivity contribution in [3.05, 3.63) is 99.6 Å². The van der Waals surface area contributed by atoms with E-state index in [-0.39, 0.29) is 34.8 Å². The summed E-state index contributed by atoms with van der Waals surface area (Å²) in [5.74, 6) is -4.87. The van der Waals surface area contributed by atoms with Gasteiger partial charge in [-0.1, -0.05) is 71.2 Å². The maximum absolute atomic E-state index is 15.1. The van der Waals surface area contributed by atoms with Gasteiger partial charge in [-0.3, -0.25) is 24.1 Å². The minimum atomic E-state index is -1.45. The van der Waals surface area contributed by atoms with Crippen LogP contribution in [-0.2, 0) is 24.6 Å². The molecule has 0 aromatic heterocycles. The lowest BCUT2D eigenvalue weighted by molar-refractivity contribution is -0.138. The standard InChI is InChI=1S/C34H28Cl2N2O6/c1-37-30(40)22-12-11-21-23(27(22)32(37)42)16-24-31(41)38(20-10-6-9-19(35)15-20)33(43)34(24,18-7-4-3-5-8-18)28(21)17-13-25(36)29(39)26(14-17)44-2/h3-11,13-15,22-24,27-28,39H,12,16H2,1-2H3. The van der Waals surface area contributed by atoms with E-state index in [1.807, 2.05) is 36.4 Å². The number of phenolic OH excluding ortho intramolecular Hbond substituents is 1. The van der Waals surface area contributed by atoms with E-state index in [4.69, 9.17) is 27.9 Å². The van der Waals surface area contributed by atoms with Gasteiger partial charge in [0.1, 0.15) is 0 Å². The number of anilines is 1. The highest BCUT2D eigenvalue weighted by Crippen LogP contribution is 2.65. The Hall–Kier alpha value is -4.14. The molecule has 4 aliphatic rings. The zero-order valence-electron chi connectivity index (χ0n) is 23.9. The van der Waals surface area contributed by atoms with E-state index >= 15 is 4.79 Å². The first-order valence-electron chi connectivity index (χ1n) is 14.4. The van der Waals surface area contributed by atoms with Crippen molar-refractivity contribution < 1.29 is 29.0 Å². The molecule has 2 aliphatic heterocycles. The monoisotopic (exact) mass is 630 g/mol. The van der Waals surface area contributed by atoms with Crippen LogP contribution in [0.25, 0.3) is 0 Å². The molecule has 8 nitrogen and oxygen atoms in total. The van der Waals surface area contributed by atoms with Crippen LogP contribution in [0.4, 0.5) is 5.69 Å². The number of ether oxygens (including phenoxy) is 1. The molecule has 0 radical (unpaired) electrons. The van der Waals surface area contributed by atoms with Gasteiger partial charge in [-0.25, -0.2) is 4.90 Å². The fourth-order valence-electron chi connectivity index (χ4n) is 8.19. The Balaban J connectivity index is 1.54. The number of carbonyl (C=O) groups is 4. The van der Waals surface area contributed by atoms with Crippen molar-refractivity contribution in [2.45, 2.75) is 24.2 Å². The summed E-state index contributed by atoms with van der Waals surface area (Å²) < 4.78 is 5.47. The van der Waals surface area contributed by atoms with E-state index < -0.39 is 46.8 Å². The highest BCUT2D eigenvalue weighted by molar-refractivity contribution is 6.33. The third-order valence-corrected chi connectivity index (χ3v) is 10.5. The fourth-order valence-corrected chi connectivity index (χ4v) is 8.60. The number of imide groups is 2. The molecule has 2 heterocycles. The largest absolute Gasteiger partial charge is 0.503 e. The SMILES string of the molecule is COc1cc(C2C3=CCC4C(=O)N(C)C(=O)C4C3CC3C(=O)N(c4cccc(Cl)c4)C(=O)C32c2ccccc2)cc(Cl)c1O. The Morgan fingerprint density at radius 2 is 1.66 bits per heavy atom. The summed E-state index contributed by atoms with van der Waals surface area (Å²) in [5, 5.41) is 11.0. The molecule has 0 bridgehead atoms. The molecule has 44 heavy (non-hydrogen) atoms. The number of likely N-dealkylation sites (tertiary alicyclic amines) is 1. The number of amides is 4. The van der Waals surface area contributed by atoms with Gasteiger partial charge in [0.05, 0.1) is 41.0 Å². The number of aromatic hydroxyl groups is 1. The van der Waals surface area contributed by atoms with Crippen molar-refractivity contribution in [1.29, 1.82) is 0 Å². The third-order valence-electron chi connectivity index (χ3n) is 9.99. The van der Waals surface area contributed by atoms with Crippen LogP contribution in [0.3, 0.4) is 0 Å². The predicted molar refractivity (Wildman–Crippen MR) is 164 cm³/mol. The number of allylic oxidation sites excluding steroid dienone is 2. The van der Waals surface area contributed by atoms with E-state index in [9.17, 15) is 19.5 Å². The molecular formula is C34H28Cl2N2O6. The highest BCUT2D eigenvalue weighted by Gasteiger charge is 2.70. The lowest BCUT2D eigenvalue weighted by atomic mass is 9.49. The molecule has 6 atom stereocenters. The summed E-state index contributed by atoms with van der Waals surface area (Å²) in [7, 11) is 2.90. The molecule has 3 fully saturated rings. The van der Waals surface area contributed by atoms with Crippen molar-refractivity contribution >= 4 is 52.5 Å². The highest BCUT2D eigenvalue weighted by atomic mass is 35.5. The maximum Gasteiger partial charge on any atom is 0.246 e. The van der Waals surface area contributed by atoms with Crippen LogP contribution in [0.2, 0.25) is 10.0 Å². The number of fused-ring (bicyclic) bond motifs is 4. The van der Waals surface area contributed by atoms with Crippen molar-refractivity contribution in [2.75, 3.05) is 19.1 Å². The molecule has 4 amide bonds. The molecule has 1 N–H and O–H groups in total. The molecule has 224 valence electrons. The Morgan fingerprint density at radius 1 is 0.909 bits per heavy atom. The number of hydrogen-bond donors (Lipinski definition) is 1. The number of rotatable bonds is 4. The van der Waals surface area contributed by atoms with E-state index in [0.717, 1.165) is 5.57 Å². The summed E-state index contributed by atoms with van der Waals surface area (Å²) in [6.45, 7) is 0. The molecular weight excluding hydrogens is 603 g/mol. The Morgan fingerprint density at radius 3 is 2.36 bits per heavy atom. The van der Waals surface area contributed by atoms with Crippen LogP contribution in [0.5, 0.6) is 11.5 Å². The van der Waals surface area contributed by atoms with Crippen LogP contribution in [0.15, 0.2) is 78.4 Å². The molecule has 6 unspecified atom stereocenters. The zero-order valence-corrected chi connectivity index (χ0v) is 25.4. The van der Waals surface area contributed by atoms with Gasteiger partial charge in [0.15, 0.2) is 11.5 Å². The maximum atomic E-state index is 15.1. The second-order valence-electron chi connectivity index (χ2n) is 11.9. The summed E-state index contributed by atoms with van der Waals surface area (Å²) in [6, 6.07) is 19.0. The predicted octanol–water partition coefficient (Wildman–Crippen LogP) is 5.50. The molecule has 2 aliphatic carbocycles. The number of carbonyl (C=O) groups excluding carboxylic acids is 4. The lowest BCUT2D eigenvalue weighted by Gasteiger charge is -2.50. The Kier molecular flexibility index (Phi) is 6.64. The number of halogens is 2. The van der Waals surface area contributed by atoms with Crippen LogP contribution in [0, 0.1) is 23.7 Å². The molecule has 1 saturated carbocycles. The summed E-state index contributed by atoms with van der Waals surface area (Å²) in [4.78, 5) is 58.8. The van der Waals surface area contributed by atoms with E-state index in [1.54, 1.807) is 36.4 Å². The molecule has 10 heteroatoms. The van der Waals surface area contributed by atoms with Crippen LogP contribution < -0.4 is 9.64 Å². The number of hydrogen-bond acceptors (Lipinski definition) is 6. The van der Waals surface area contributed by atoms with Gasteiger partial charge in [-0.15, -0.1) is 0 Å². The van der Waals surface area contributed by atoms with Gasteiger partial charge in [0, 0.05) is 18.0 Å². The Labute approximate surface area is 263 Å². The first-order valence-corrected chi connectivity index (χ1v) is 15.1. The number of nitrogens with zero attached hydrogens (tertiary/aromatic N) is 2. The minimum absolute atomic E-state index is 0.0193. The van der Waals surface area contributed by atoms with E-state index in [1.165, 1.54) is 24.0 Å². The van der Waals surface area contributed by atoms with Crippen molar-refractivity contribution in [3.63, 3.8) is 0 Å². The van der Waals surface area contributed by atoms with Crippen LogP contribution >= 0.6 is 23.2 Å². The molecule has 3 aromatic rings. The number of benzene rings is 3. The van der Waals surface area contributed by atoms with Crippen LogP contribution in [0.1, 0.15) is 29.9 Å². The van der Waals surface area contributed by atoms with Gasteiger partial charge in [0.2, 0.25) is 23.6 Å². The average Bonchev–Trinajstić information content (AvgIpc) is 3.39. The van der Waals surface area contributed by atoms with E-state index in [0.29, 0.717) is 28.3 Å². The van der Waals surface area contributed by atoms with Gasteiger partial charge < -0.3 is 9.84 Å². The van der Waals surface area contributed by atoms with Crippen molar-refractivity contribution in [2.24, 2.45) is 23.7 Å². The second-order valence-corrected chi connectivity index (χ2v) is 12.7. The van der Waals surface area contributed by atoms with Crippen molar-refractivity contribution in [3.8, 4) is 11.5 Å². The Bertz CT molecular complexity index is 1790. The molecule has 0 spiro atoms. The summed E-state index contributed by atoms with van der Waals surface area (Å²) in [5.41, 5.74) is 0.874. The normalized spacial score (nSPS) is 29.4. The zero-order chi connectivity index (χ0) is 31.1. The average molecular weight is 632 g/mol. The van der Waals surface area contributed by atoms with Gasteiger partial charge in [0.25, 0.3) is 0 Å². The summed E-state index contributed by atoms with van der Waals surface area (Å²) in [6.07, 6.45) is 2.48. The minimum Gasteiger partial charge on any atom is -0.503 e. The van der Waals surface area contributed by atoms with Crippen LogP contribution in [-0.4, -0.2) is 47.8 Å². The first-order chi connectivity index (χ1) is 21.1. The van der Waals surface area contributed by atoms with Gasteiger partial charge in [-0.2, -0.15) is 0 Å². The summed E-state index contributed by atoms with van der Waals surface area (Å²) >= 11 is 12.9. The quantitative estimate of drug-likeness (QED) is 0.302. The first kappa shape index (κ1) is 28.6. The number of phenols is 1.